The quantitative estimate of drug-likeness (QED) is 0.842. The number of hydrogen-bond donors (Lipinski definition) is 2. The molecule has 5 heteroatoms. The first-order chi connectivity index (χ1) is 10.8. The standard InChI is InChI=1S/C17H24N4O/c18-10-13-9-16(19-11-13)17(22)20-14-7-8-21(12-14)15-5-3-1-2-4-6-15/h9,11,14-15,19H,1-8,12H2,(H,20,22). The highest BCUT2D eigenvalue weighted by atomic mass is 16.1. The lowest BCUT2D eigenvalue weighted by molar-refractivity contribution is 0.0931. The van der Waals surface area contributed by atoms with E-state index in [0.29, 0.717) is 17.3 Å². The zero-order chi connectivity index (χ0) is 15.4. The number of aromatic nitrogens is 1. The summed E-state index contributed by atoms with van der Waals surface area (Å²) in [4.78, 5) is 17.6. The van der Waals surface area contributed by atoms with Crippen LogP contribution in [0.2, 0.25) is 0 Å². The van der Waals surface area contributed by atoms with Crippen LogP contribution >= 0.6 is 0 Å². The minimum Gasteiger partial charge on any atom is -0.356 e. The Labute approximate surface area is 131 Å². The van der Waals surface area contributed by atoms with Gasteiger partial charge in [-0.3, -0.25) is 9.69 Å². The summed E-state index contributed by atoms with van der Waals surface area (Å²) in [5, 5.41) is 11.9. The monoisotopic (exact) mass is 300 g/mol. The normalized spacial score (nSPS) is 23.9. The summed E-state index contributed by atoms with van der Waals surface area (Å²) in [7, 11) is 0. The molecule has 1 amide bonds. The van der Waals surface area contributed by atoms with E-state index in [1.165, 1.54) is 38.5 Å². The number of carbonyl (C=O) groups excluding carboxylic acids is 1. The maximum Gasteiger partial charge on any atom is 0.267 e. The molecule has 1 unspecified atom stereocenters. The Morgan fingerprint density at radius 2 is 2.05 bits per heavy atom. The Morgan fingerprint density at radius 1 is 1.27 bits per heavy atom. The van der Waals surface area contributed by atoms with Crippen LogP contribution in [0.4, 0.5) is 0 Å². The van der Waals surface area contributed by atoms with E-state index in [9.17, 15) is 4.79 Å². The summed E-state index contributed by atoms with van der Waals surface area (Å²) in [6.07, 6.45) is 10.6. The van der Waals surface area contributed by atoms with Crippen molar-refractivity contribution in [3.63, 3.8) is 0 Å². The van der Waals surface area contributed by atoms with Crippen LogP contribution in [0.1, 0.15) is 61.0 Å². The molecule has 3 rings (SSSR count). The molecule has 118 valence electrons. The second-order valence-corrected chi connectivity index (χ2v) is 6.51. The van der Waals surface area contributed by atoms with Crippen LogP contribution in [0.5, 0.6) is 0 Å². The van der Waals surface area contributed by atoms with Gasteiger partial charge in [0.2, 0.25) is 0 Å². The summed E-state index contributed by atoms with van der Waals surface area (Å²) in [5.74, 6) is -0.103. The fourth-order valence-corrected chi connectivity index (χ4v) is 3.71. The van der Waals surface area contributed by atoms with E-state index in [1.54, 1.807) is 12.3 Å². The number of nitriles is 1. The maximum atomic E-state index is 12.2. The zero-order valence-corrected chi connectivity index (χ0v) is 13.0. The van der Waals surface area contributed by atoms with Crippen molar-refractivity contribution in [1.29, 1.82) is 5.26 Å². The van der Waals surface area contributed by atoms with Gasteiger partial charge in [0.25, 0.3) is 5.91 Å². The van der Waals surface area contributed by atoms with Gasteiger partial charge in [0, 0.05) is 31.4 Å². The maximum absolute atomic E-state index is 12.2. The molecule has 22 heavy (non-hydrogen) atoms. The average molecular weight is 300 g/mol. The fourth-order valence-electron chi connectivity index (χ4n) is 3.71. The molecule has 1 aliphatic carbocycles. The molecule has 0 radical (unpaired) electrons. The van der Waals surface area contributed by atoms with Crippen molar-refractivity contribution >= 4 is 5.91 Å². The van der Waals surface area contributed by atoms with Gasteiger partial charge in [-0.05, 0) is 25.3 Å². The Hall–Kier alpha value is -1.80. The van der Waals surface area contributed by atoms with Crippen LogP contribution in [-0.4, -0.2) is 41.0 Å². The van der Waals surface area contributed by atoms with E-state index in [-0.39, 0.29) is 11.9 Å². The van der Waals surface area contributed by atoms with Gasteiger partial charge in [0.05, 0.1) is 5.56 Å². The SMILES string of the molecule is N#Cc1c[nH]c(C(=O)NC2CCN(C3CCCCCC3)C2)c1. The second-order valence-electron chi connectivity index (χ2n) is 6.51. The first-order valence-corrected chi connectivity index (χ1v) is 8.39. The van der Waals surface area contributed by atoms with Crippen molar-refractivity contribution in [2.24, 2.45) is 0 Å². The fraction of sp³-hybridized carbons (Fsp3) is 0.647. The van der Waals surface area contributed by atoms with Gasteiger partial charge >= 0.3 is 0 Å². The second kappa shape index (κ2) is 6.97. The van der Waals surface area contributed by atoms with Crippen molar-refractivity contribution in [3.8, 4) is 6.07 Å². The number of aromatic amines is 1. The molecule has 1 atom stereocenters. The Balaban J connectivity index is 1.52. The molecule has 0 aromatic carbocycles. The lowest BCUT2D eigenvalue weighted by Crippen LogP contribution is -2.39. The molecule has 2 fully saturated rings. The Kier molecular flexibility index (Phi) is 4.79. The van der Waals surface area contributed by atoms with E-state index in [4.69, 9.17) is 5.26 Å². The number of nitrogens with zero attached hydrogens (tertiary/aromatic N) is 2. The van der Waals surface area contributed by atoms with Gasteiger partial charge in [-0.2, -0.15) is 5.26 Å². The van der Waals surface area contributed by atoms with Crippen molar-refractivity contribution in [2.75, 3.05) is 13.1 Å². The number of nitrogens with one attached hydrogen (secondary N) is 2. The number of amides is 1. The first kappa shape index (κ1) is 15.1. The van der Waals surface area contributed by atoms with Crippen LogP contribution in [0.25, 0.3) is 0 Å². The number of likely N-dealkylation sites (tertiary alicyclic amines) is 1. The summed E-state index contributed by atoms with van der Waals surface area (Å²) < 4.78 is 0. The topological polar surface area (TPSA) is 71.9 Å². The van der Waals surface area contributed by atoms with Crippen LogP contribution < -0.4 is 5.32 Å². The molecule has 0 bridgehead atoms. The molecule has 2 N–H and O–H groups in total. The van der Waals surface area contributed by atoms with Crippen LogP contribution in [0.3, 0.4) is 0 Å². The van der Waals surface area contributed by atoms with Crippen molar-refractivity contribution in [2.45, 2.75) is 57.0 Å². The molecular formula is C17H24N4O. The number of H-pyrrole nitrogens is 1. The summed E-state index contributed by atoms with van der Waals surface area (Å²) in [5.41, 5.74) is 0.973. The average Bonchev–Trinajstić information content (AvgIpc) is 3.11. The third-order valence-electron chi connectivity index (χ3n) is 4.95. The van der Waals surface area contributed by atoms with Crippen molar-refractivity contribution in [3.05, 3.63) is 23.5 Å². The van der Waals surface area contributed by atoms with Gasteiger partial charge in [-0.1, -0.05) is 25.7 Å². The molecule has 5 nitrogen and oxygen atoms in total. The van der Waals surface area contributed by atoms with E-state index in [1.807, 2.05) is 6.07 Å². The third kappa shape index (κ3) is 3.50. The van der Waals surface area contributed by atoms with Gasteiger partial charge < -0.3 is 10.3 Å². The summed E-state index contributed by atoms with van der Waals surface area (Å²) in [6.45, 7) is 2.05. The largest absolute Gasteiger partial charge is 0.356 e. The van der Waals surface area contributed by atoms with Gasteiger partial charge in [0.15, 0.2) is 0 Å². The van der Waals surface area contributed by atoms with E-state index >= 15 is 0 Å². The zero-order valence-electron chi connectivity index (χ0n) is 13.0. The highest BCUT2D eigenvalue weighted by Gasteiger charge is 2.29. The Morgan fingerprint density at radius 3 is 2.73 bits per heavy atom. The van der Waals surface area contributed by atoms with E-state index < -0.39 is 0 Å². The highest BCUT2D eigenvalue weighted by molar-refractivity contribution is 5.93. The molecule has 1 saturated carbocycles. The van der Waals surface area contributed by atoms with Crippen molar-refractivity contribution < 1.29 is 4.79 Å². The third-order valence-corrected chi connectivity index (χ3v) is 4.95. The lowest BCUT2D eigenvalue weighted by atomic mass is 10.1. The van der Waals surface area contributed by atoms with E-state index in [0.717, 1.165) is 19.5 Å². The minimum absolute atomic E-state index is 0.103. The summed E-state index contributed by atoms with van der Waals surface area (Å²) in [6, 6.07) is 4.57. The lowest BCUT2D eigenvalue weighted by Gasteiger charge is -2.26. The number of carbonyl (C=O) groups is 1. The molecule has 1 saturated heterocycles. The molecule has 1 aliphatic heterocycles. The van der Waals surface area contributed by atoms with Crippen LogP contribution in [-0.2, 0) is 0 Å². The van der Waals surface area contributed by atoms with Gasteiger partial charge in [0.1, 0.15) is 11.8 Å². The Bertz CT molecular complexity index is 551. The molecule has 1 aromatic rings. The predicted molar refractivity (Wildman–Crippen MR) is 84.4 cm³/mol. The van der Waals surface area contributed by atoms with Crippen molar-refractivity contribution in [1.82, 2.24) is 15.2 Å². The number of rotatable bonds is 3. The smallest absolute Gasteiger partial charge is 0.267 e. The molecular weight excluding hydrogens is 276 g/mol. The van der Waals surface area contributed by atoms with Gasteiger partial charge in [-0.25, -0.2) is 0 Å². The highest BCUT2D eigenvalue weighted by Crippen LogP contribution is 2.25. The number of hydrogen-bond acceptors (Lipinski definition) is 3. The minimum atomic E-state index is -0.103. The summed E-state index contributed by atoms with van der Waals surface area (Å²) >= 11 is 0. The molecule has 0 spiro atoms. The molecule has 2 aliphatic rings. The van der Waals surface area contributed by atoms with Crippen LogP contribution in [0, 0.1) is 11.3 Å². The van der Waals surface area contributed by atoms with Crippen LogP contribution in [0.15, 0.2) is 12.3 Å². The predicted octanol–water partition coefficient (Wildman–Crippen LogP) is 2.41. The molecule has 2 heterocycles. The molecule has 1 aromatic heterocycles. The first-order valence-electron chi connectivity index (χ1n) is 8.39. The van der Waals surface area contributed by atoms with Gasteiger partial charge in [-0.15, -0.1) is 0 Å². The van der Waals surface area contributed by atoms with E-state index in [2.05, 4.69) is 15.2 Å².